The molecule has 94 valence electrons. The van der Waals surface area contributed by atoms with Crippen LogP contribution in [0, 0.1) is 0 Å². The number of nitrogens with two attached hydrogens (primary N) is 2. The van der Waals surface area contributed by atoms with Crippen molar-refractivity contribution < 1.29 is 9.90 Å². The first-order valence-electron chi connectivity index (χ1n) is 6.09. The number of hydrogen-bond donors (Lipinski definition) is 3. The summed E-state index contributed by atoms with van der Waals surface area (Å²) in [5.74, 6) is -0.942. The smallest absolute Gasteiger partial charge is 0.320 e. The summed E-state index contributed by atoms with van der Waals surface area (Å²) in [5, 5.41) is 8.67. The van der Waals surface area contributed by atoms with Crippen molar-refractivity contribution in [1.82, 2.24) is 4.90 Å². The molecular weight excluding hydrogens is 206 g/mol. The summed E-state index contributed by atoms with van der Waals surface area (Å²) in [5.41, 5.74) is 11.5. The number of hydrogen-bond acceptors (Lipinski definition) is 4. The number of carboxylic acids is 1. The first kappa shape index (κ1) is 13.4. The third kappa shape index (κ3) is 4.47. The molecule has 0 aliphatic carbocycles. The average molecular weight is 229 g/mol. The number of likely N-dealkylation sites (tertiary alicyclic amines) is 1. The first-order chi connectivity index (χ1) is 7.61. The SMILES string of the molecule is NC(CCC(N)N1CCCCCC1)C(=O)O. The van der Waals surface area contributed by atoms with Crippen molar-refractivity contribution >= 4 is 5.97 Å². The fraction of sp³-hybridized carbons (Fsp3) is 0.909. The number of carboxylic acid groups (broad SMARTS) is 1. The van der Waals surface area contributed by atoms with E-state index in [-0.39, 0.29) is 6.17 Å². The van der Waals surface area contributed by atoms with Crippen molar-refractivity contribution in [2.75, 3.05) is 13.1 Å². The van der Waals surface area contributed by atoms with Gasteiger partial charge in [0.1, 0.15) is 6.04 Å². The number of rotatable bonds is 5. The quantitative estimate of drug-likeness (QED) is 0.632. The Bertz CT molecular complexity index is 215. The highest BCUT2D eigenvalue weighted by molar-refractivity contribution is 5.72. The Hall–Kier alpha value is -0.650. The van der Waals surface area contributed by atoms with E-state index >= 15 is 0 Å². The minimum Gasteiger partial charge on any atom is -0.480 e. The molecule has 0 aromatic rings. The van der Waals surface area contributed by atoms with Gasteiger partial charge in [0.25, 0.3) is 0 Å². The van der Waals surface area contributed by atoms with Crippen LogP contribution in [0.1, 0.15) is 38.5 Å². The van der Waals surface area contributed by atoms with Crippen LogP contribution in [0.4, 0.5) is 0 Å². The lowest BCUT2D eigenvalue weighted by Gasteiger charge is -2.27. The molecule has 5 heteroatoms. The van der Waals surface area contributed by atoms with Crippen LogP contribution >= 0.6 is 0 Å². The molecule has 5 N–H and O–H groups in total. The fourth-order valence-corrected chi connectivity index (χ4v) is 2.08. The van der Waals surface area contributed by atoms with Gasteiger partial charge in [-0.3, -0.25) is 9.69 Å². The minimum absolute atomic E-state index is 0.0384. The Morgan fingerprint density at radius 2 is 1.69 bits per heavy atom. The van der Waals surface area contributed by atoms with Gasteiger partial charge >= 0.3 is 5.97 Å². The predicted octanol–water partition coefficient (Wildman–Crippen LogP) is 0.339. The maximum absolute atomic E-state index is 10.6. The van der Waals surface area contributed by atoms with Crippen molar-refractivity contribution in [3.05, 3.63) is 0 Å². The van der Waals surface area contributed by atoms with E-state index in [4.69, 9.17) is 16.6 Å². The fourth-order valence-electron chi connectivity index (χ4n) is 2.08. The van der Waals surface area contributed by atoms with Gasteiger partial charge < -0.3 is 16.6 Å². The van der Waals surface area contributed by atoms with Crippen molar-refractivity contribution in [1.29, 1.82) is 0 Å². The van der Waals surface area contributed by atoms with E-state index in [0.717, 1.165) is 13.1 Å². The summed E-state index contributed by atoms with van der Waals surface area (Å²) in [4.78, 5) is 12.8. The molecule has 1 saturated heterocycles. The van der Waals surface area contributed by atoms with Crippen LogP contribution < -0.4 is 11.5 Å². The van der Waals surface area contributed by atoms with Crippen molar-refractivity contribution in [3.63, 3.8) is 0 Å². The van der Waals surface area contributed by atoms with E-state index in [1.807, 2.05) is 0 Å². The van der Waals surface area contributed by atoms with Gasteiger partial charge in [0, 0.05) is 0 Å². The lowest BCUT2D eigenvalue weighted by atomic mass is 10.1. The Balaban J connectivity index is 2.27. The summed E-state index contributed by atoms with van der Waals surface area (Å²) in [6.45, 7) is 2.06. The average Bonchev–Trinajstić information content (AvgIpc) is 2.53. The standard InChI is InChI=1S/C11H23N3O2/c12-9(11(15)16)5-6-10(13)14-7-3-1-2-4-8-14/h9-10H,1-8,12-13H2,(H,15,16). The van der Waals surface area contributed by atoms with E-state index < -0.39 is 12.0 Å². The minimum atomic E-state index is -0.942. The van der Waals surface area contributed by atoms with Crippen molar-refractivity contribution in [2.24, 2.45) is 11.5 Å². The molecule has 0 radical (unpaired) electrons. The van der Waals surface area contributed by atoms with E-state index in [1.165, 1.54) is 25.7 Å². The Morgan fingerprint density at radius 3 is 2.19 bits per heavy atom. The molecular formula is C11H23N3O2. The Morgan fingerprint density at radius 1 is 1.12 bits per heavy atom. The van der Waals surface area contributed by atoms with Gasteiger partial charge in [0.15, 0.2) is 0 Å². The van der Waals surface area contributed by atoms with Gasteiger partial charge in [-0.15, -0.1) is 0 Å². The summed E-state index contributed by atoms with van der Waals surface area (Å²) in [6, 6.07) is -0.780. The van der Waals surface area contributed by atoms with Crippen LogP contribution in [0.2, 0.25) is 0 Å². The zero-order chi connectivity index (χ0) is 12.0. The van der Waals surface area contributed by atoms with Gasteiger partial charge in [0.2, 0.25) is 0 Å². The van der Waals surface area contributed by atoms with Gasteiger partial charge in [-0.1, -0.05) is 12.8 Å². The van der Waals surface area contributed by atoms with Crippen molar-refractivity contribution in [2.45, 2.75) is 50.7 Å². The molecule has 1 heterocycles. The zero-order valence-corrected chi connectivity index (χ0v) is 9.77. The Kier molecular flexibility index (Phi) is 5.73. The second-order valence-corrected chi connectivity index (χ2v) is 4.54. The molecule has 1 aliphatic rings. The highest BCUT2D eigenvalue weighted by Gasteiger charge is 2.18. The van der Waals surface area contributed by atoms with Gasteiger partial charge in [-0.25, -0.2) is 0 Å². The van der Waals surface area contributed by atoms with Gasteiger partial charge in [-0.2, -0.15) is 0 Å². The molecule has 1 aliphatic heterocycles. The first-order valence-corrected chi connectivity index (χ1v) is 6.09. The molecule has 0 aromatic heterocycles. The van der Waals surface area contributed by atoms with Crippen LogP contribution in [-0.2, 0) is 4.79 Å². The second-order valence-electron chi connectivity index (χ2n) is 4.54. The molecule has 16 heavy (non-hydrogen) atoms. The van der Waals surface area contributed by atoms with Crippen LogP contribution in [-0.4, -0.2) is 41.3 Å². The lowest BCUT2D eigenvalue weighted by molar-refractivity contribution is -0.138. The largest absolute Gasteiger partial charge is 0.480 e. The summed E-state index contributed by atoms with van der Waals surface area (Å²) in [6.07, 6.45) is 6.01. The van der Waals surface area contributed by atoms with E-state index in [0.29, 0.717) is 12.8 Å². The molecule has 0 saturated carbocycles. The lowest BCUT2D eigenvalue weighted by Crippen LogP contribution is -2.44. The van der Waals surface area contributed by atoms with Crippen LogP contribution in [0.5, 0.6) is 0 Å². The number of aliphatic carboxylic acids is 1. The van der Waals surface area contributed by atoms with Crippen LogP contribution in [0.15, 0.2) is 0 Å². The molecule has 5 nitrogen and oxygen atoms in total. The monoisotopic (exact) mass is 229 g/mol. The molecule has 0 spiro atoms. The molecule has 0 amide bonds. The topological polar surface area (TPSA) is 92.6 Å². The molecule has 1 fully saturated rings. The van der Waals surface area contributed by atoms with E-state index in [1.54, 1.807) is 0 Å². The second kappa shape index (κ2) is 6.83. The van der Waals surface area contributed by atoms with Crippen LogP contribution in [0.3, 0.4) is 0 Å². The Labute approximate surface area is 96.8 Å². The zero-order valence-electron chi connectivity index (χ0n) is 9.77. The summed E-state index contributed by atoms with van der Waals surface area (Å²) >= 11 is 0. The molecule has 2 atom stereocenters. The number of carbonyl (C=O) groups is 1. The molecule has 0 aromatic carbocycles. The summed E-state index contributed by atoms with van der Waals surface area (Å²) in [7, 11) is 0. The third-order valence-electron chi connectivity index (χ3n) is 3.20. The normalized spacial score (nSPS) is 22.4. The molecule has 1 rings (SSSR count). The summed E-state index contributed by atoms with van der Waals surface area (Å²) < 4.78 is 0. The van der Waals surface area contributed by atoms with Gasteiger partial charge in [-0.05, 0) is 38.8 Å². The van der Waals surface area contributed by atoms with Crippen molar-refractivity contribution in [3.8, 4) is 0 Å². The number of nitrogens with zero attached hydrogens (tertiary/aromatic N) is 1. The predicted molar refractivity (Wildman–Crippen MR) is 62.9 cm³/mol. The van der Waals surface area contributed by atoms with Gasteiger partial charge in [0.05, 0.1) is 6.17 Å². The van der Waals surface area contributed by atoms with E-state index in [9.17, 15) is 4.79 Å². The maximum Gasteiger partial charge on any atom is 0.320 e. The molecule has 2 unspecified atom stereocenters. The highest BCUT2D eigenvalue weighted by Crippen LogP contribution is 2.13. The third-order valence-corrected chi connectivity index (χ3v) is 3.20. The highest BCUT2D eigenvalue weighted by atomic mass is 16.4. The maximum atomic E-state index is 10.6. The van der Waals surface area contributed by atoms with Crippen LogP contribution in [0.25, 0.3) is 0 Å². The molecule has 0 bridgehead atoms. The van der Waals surface area contributed by atoms with E-state index in [2.05, 4.69) is 4.90 Å².